The molecule has 0 aliphatic heterocycles. The molecule has 0 amide bonds. The molecule has 0 saturated heterocycles. The van der Waals surface area contributed by atoms with Gasteiger partial charge in [0.05, 0.1) is 16.4 Å². The zero-order valence-corrected chi connectivity index (χ0v) is 11.3. The molecule has 2 aliphatic rings. The van der Waals surface area contributed by atoms with E-state index in [0.29, 0.717) is 27.4 Å². The first-order valence-corrected chi connectivity index (χ1v) is 6.25. The van der Waals surface area contributed by atoms with Gasteiger partial charge in [0.15, 0.2) is 0 Å². The molecular formula is C14H4Cl2N2O2. The molecule has 4 nitrogen and oxygen atoms in total. The maximum Gasteiger partial charge on any atom is 0.240 e. The molecule has 0 aromatic heterocycles. The average Bonchev–Trinajstić information content (AvgIpc) is 2.58. The zero-order valence-electron chi connectivity index (χ0n) is 9.78. The summed E-state index contributed by atoms with van der Waals surface area (Å²) in [6.45, 7) is 0. The maximum absolute atomic E-state index is 10.7. The van der Waals surface area contributed by atoms with Crippen LogP contribution in [0.25, 0.3) is 22.3 Å². The second kappa shape index (κ2) is 4.71. The zero-order chi connectivity index (χ0) is 14.3. The van der Waals surface area contributed by atoms with Crippen molar-refractivity contribution in [3.8, 4) is 22.3 Å². The lowest BCUT2D eigenvalue weighted by atomic mass is 10.0. The molecule has 0 atom stereocenters. The van der Waals surface area contributed by atoms with Crippen molar-refractivity contribution >= 4 is 46.7 Å². The summed E-state index contributed by atoms with van der Waals surface area (Å²) in [6.07, 6.45) is 2.97. The first-order chi connectivity index (χ1) is 9.67. The minimum Gasteiger partial charge on any atom is -0.211 e. The Morgan fingerprint density at radius 1 is 0.950 bits per heavy atom. The van der Waals surface area contributed by atoms with Crippen LogP contribution >= 0.6 is 23.2 Å². The predicted molar refractivity (Wildman–Crippen MR) is 76.5 cm³/mol. The van der Waals surface area contributed by atoms with Crippen LogP contribution in [0.15, 0.2) is 34.3 Å². The van der Waals surface area contributed by atoms with Crippen LogP contribution < -0.4 is 0 Å². The van der Waals surface area contributed by atoms with Crippen molar-refractivity contribution in [3.63, 3.8) is 0 Å². The summed E-state index contributed by atoms with van der Waals surface area (Å²) in [5.41, 5.74) is 3.09. The number of hydrogen-bond acceptors (Lipinski definition) is 4. The number of aliphatic imine (C=N–C) groups is 2. The van der Waals surface area contributed by atoms with Crippen LogP contribution in [0.4, 0.5) is 11.4 Å². The molecule has 4 rings (SSSR count). The fourth-order valence-electron chi connectivity index (χ4n) is 2.28. The van der Waals surface area contributed by atoms with E-state index in [-0.39, 0.29) is 10.7 Å². The molecule has 2 aromatic rings. The SMILES string of the molecule is O=C=Nc1cc2c(N=C=O)c(c1Cl)-c1ccc-2cc1Cl. The van der Waals surface area contributed by atoms with E-state index in [0.717, 1.165) is 5.56 Å². The quantitative estimate of drug-likeness (QED) is 0.514. The van der Waals surface area contributed by atoms with Crippen molar-refractivity contribution in [1.29, 1.82) is 0 Å². The van der Waals surface area contributed by atoms with Crippen molar-refractivity contribution in [3.05, 3.63) is 34.3 Å². The molecule has 0 N–H and O–H groups in total. The van der Waals surface area contributed by atoms with Crippen LogP contribution in [0.2, 0.25) is 10.0 Å². The Kier molecular flexibility index (Phi) is 3.01. The van der Waals surface area contributed by atoms with E-state index in [4.69, 9.17) is 23.2 Å². The summed E-state index contributed by atoms with van der Waals surface area (Å²) in [7, 11) is 0. The number of benzene rings is 2. The summed E-state index contributed by atoms with van der Waals surface area (Å²) in [6, 6.07) is 6.93. The standard InChI is InChI=1S/C14H4Cl2N2O2/c15-10-3-7-1-2-8(10)12-13(16)11(17-5-19)4-9(7)14(12)18-6-20/h1-4H. The average molecular weight is 303 g/mol. The summed E-state index contributed by atoms with van der Waals surface area (Å²) in [5.74, 6) is 0. The van der Waals surface area contributed by atoms with Gasteiger partial charge in [0.25, 0.3) is 0 Å². The number of isocyanates is 2. The second-order valence-corrected chi connectivity index (χ2v) is 4.87. The highest BCUT2D eigenvalue weighted by atomic mass is 35.5. The number of fused-ring (bicyclic) bond motifs is 2. The highest BCUT2D eigenvalue weighted by Crippen LogP contribution is 2.52. The van der Waals surface area contributed by atoms with Gasteiger partial charge in [0, 0.05) is 21.7 Å². The lowest BCUT2D eigenvalue weighted by molar-refractivity contribution is 0.564. The molecule has 0 saturated carbocycles. The molecule has 0 spiro atoms. The van der Waals surface area contributed by atoms with Gasteiger partial charge in [0.1, 0.15) is 0 Å². The van der Waals surface area contributed by atoms with Gasteiger partial charge in [-0.1, -0.05) is 35.3 Å². The molecule has 4 bridgehead atoms. The molecule has 0 unspecified atom stereocenters. The Morgan fingerprint density at radius 3 is 2.35 bits per heavy atom. The minimum absolute atomic E-state index is 0.195. The van der Waals surface area contributed by atoms with E-state index in [1.807, 2.05) is 6.07 Å². The lowest BCUT2D eigenvalue weighted by Gasteiger charge is -2.10. The van der Waals surface area contributed by atoms with Crippen LogP contribution in [0, 0.1) is 0 Å². The van der Waals surface area contributed by atoms with Crippen LogP contribution in [0.1, 0.15) is 0 Å². The Morgan fingerprint density at radius 2 is 1.70 bits per heavy atom. The molecule has 0 fully saturated rings. The van der Waals surface area contributed by atoms with Crippen LogP contribution in [-0.2, 0) is 9.59 Å². The summed E-state index contributed by atoms with van der Waals surface area (Å²) in [4.78, 5) is 28.4. The Bertz CT molecular complexity index is 849. The van der Waals surface area contributed by atoms with Gasteiger partial charge in [-0.3, -0.25) is 0 Å². The maximum atomic E-state index is 10.7. The highest BCUT2D eigenvalue weighted by Gasteiger charge is 2.24. The number of rotatable bonds is 2. The summed E-state index contributed by atoms with van der Waals surface area (Å²) in [5, 5.41) is 0.675. The number of halogens is 2. The Hall–Kier alpha value is -2.22. The smallest absolute Gasteiger partial charge is 0.211 e. The topological polar surface area (TPSA) is 58.9 Å². The van der Waals surface area contributed by atoms with Gasteiger partial charge in [-0.05, 0) is 17.7 Å². The summed E-state index contributed by atoms with van der Waals surface area (Å²) >= 11 is 12.5. The van der Waals surface area contributed by atoms with Crippen LogP contribution in [-0.4, -0.2) is 12.2 Å². The van der Waals surface area contributed by atoms with E-state index >= 15 is 0 Å². The van der Waals surface area contributed by atoms with Gasteiger partial charge >= 0.3 is 0 Å². The number of carbonyl (C=O) groups excluding carboxylic acids is 2. The third-order valence-electron chi connectivity index (χ3n) is 3.09. The van der Waals surface area contributed by atoms with Crippen molar-refractivity contribution in [2.24, 2.45) is 9.98 Å². The molecule has 96 valence electrons. The van der Waals surface area contributed by atoms with Crippen molar-refractivity contribution in [2.45, 2.75) is 0 Å². The van der Waals surface area contributed by atoms with E-state index in [1.54, 1.807) is 18.2 Å². The van der Waals surface area contributed by atoms with Gasteiger partial charge in [-0.15, -0.1) is 0 Å². The highest BCUT2D eigenvalue weighted by molar-refractivity contribution is 6.39. The largest absolute Gasteiger partial charge is 0.240 e. The van der Waals surface area contributed by atoms with Crippen LogP contribution in [0.3, 0.4) is 0 Å². The van der Waals surface area contributed by atoms with Gasteiger partial charge < -0.3 is 0 Å². The van der Waals surface area contributed by atoms with Crippen LogP contribution in [0.5, 0.6) is 0 Å². The number of nitrogens with zero attached hydrogens (tertiary/aromatic N) is 2. The van der Waals surface area contributed by atoms with E-state index < -0.39 is 0 Å². The molecule has 0 radical (unpaired) electrons. The molecular weight excluding hydrogens is 299 g/mol. The van der Waals surface area contributed by atoms with Crippen molar-refractivity contribution in [1.82, 2.24) is 0 Å². The Balaban J connectivity index is 2.55. The molecule has 2 aromatic carbocycles. The van der Waals surface area contributed by atoms with Gasteiger partial charge in [0.2, 0.25) is 12.2 Å². The molecule has 2 aliphatic carbocycles. The van der Waals surface area contributed by atoms with E-state index in [1.165, 1.54) is 12.2 Å². The molecule has 20 heavy (non-hydrogen) atoms. The first-order valence-electron chi connectivity index (χ1n) is 5.50. The van der Waals surface area contributed by atoms with E-state index in [2.05, 4.69) is 9.98 Å². The third-order valence-corrected chi connectivity index (χ3v) is 3.79. The third kappa shape index (κ3) is 1.72. The fourth-order valence-corrected chi connectivity index (χ4v) is 2.84. The van der Waals surface area contributed by atoms with E-state index in [9.17, 15) is 9.59 Å². The van der Waals surface area contributed by atoms with Gasteiger partial charge in [-0.2, -0.15) is 9.98 Å². The second-order valence-electron chi connectivity index (χ2n) is 4.08. The van der Waals surface area contributed by atoms with Crippen molar-refractivity contribution < 1.29 is 9.59 Å². The predicted octanol–water partition coefficient (Wildman–Crippen LogP) is 4.58. The first kappa shape index (κ1) is 12.8. The summed E-state index contributed by atoms with van der Waals surface area (Å²) < 4.78 is 0. The fraction of sp³-hybridized carbons (Fsp3) is 0. The lowest BCUT2D eigenvalue weighted by Crippen LogP contribution is -1.82. The minimum atomic E-state index is 0.195. The molecule has 6 heteroatoms. The van der Waals surface area contributed by atoms with Crippen molar-refractivity contribution in [2.75, 3.05) is 0 Å². The molecule has 0 heterocycles. The van der Waals surface area contributed by atoms with Gasteiger partial charge in [-0.25, -0.2) is 9.59 Å². The normalized spacial score (nSPS) is 10.5. The monoisotopic (exact) mass is 302 g/mol. The Labute approximate surface area is 123 Å². The number of hydrogen-bond donors (Lipinski definition) is 0.